The van der Waals surface area contributed by atoms with Gasteiger partial charge in [0.15, 0.2) is 0 Å². The minimum atomic E-state index is -0.530. The molecule has 0 bridgehead atoms. The molecule has 2 rings (SSSR count). The molecule has 0 saturated carbocycles. The molecule has 5 nitrogen and oxygen atoms in total. The molecule has 0 spiro atoms. The van der Waals surface area contributed by atoms with Crippen molar-refractivity contribution in [2.45, 2.75) is 32.8 Å². The van der Waals surface area contributed by atoms with Crippen LogP contribution in [0.1, 0.15) is 32.8 Å². The number of rotatable bonds is 2. The first kappa shape index (κ1) is 17.1. The van der Waals surface area contributed by atoms with Gasteiger partial charge in [0.05, 0.1) is 12.8 Å². The third kappa shape index (κ3) is 4.15. The standard InChI is InChI=1S/C17H23FN2O3/c1-17(2,3)23-16(21)20-7-5-11(6-8-20)12-9-15(22-4)14(19)10-13(12)18/h5,9-10H,6-8,19H2,1-4H3. The lowest BCUT2D eigenvalue weighted by molar-refractivity contribution is 0.0270. The number of nitrogen functional groups attached to an aromatic ring is 1. The van der Waals surface area contributed by atoms with Gasteiger partial charge >= 0.3 is 6.09 Å². The molecule has 0 atom stereocenters. The van der Waals surface area contributed by atoms with Gasteiger partial charge in [-0.3, -0.25) is 0 Å². The summed E-state index contributed by atoms with van der Waals surface area (Å²) >= 11 is 0. The summed E-state index contributed by atoms with van der Waals surface area (Å²) in [5.41, 5.74) is 6.72. The van der Waals surface area contributed by atoms with Crippen LogP contribution < -0.4 is 10.5 Å². The van der Waals surface area contributed by atoms with E-state index in [9.17, 15) is 9.18 Å². The van der Waals surface area contributed by atoms with Crippen LogP contribution in [0.15, 0.2) is 18.2 Å². The minimum Gasteiger partial charge on any atom is -0.495 e. The predicted molar refractivity (Wildman–Crippen MR) is 87.8 cm³/mol. The number of benzene rings is 1. The molecule has 0 aromatic heterocycles. The molecule has 23 heavy (non-hydrogen) atoms. The zero-order chi connectivity index (χ0) is 17.2. The van der Waals surface area contributed by atoms with Crippen LogP contribution in [-0.4, -0.2) is 36.8 Å². The summed E-state index contributed by atoms with van der Waals surface area (Å²) in [6, 6.07) is 2.86. The molecule has 1 aliphatic rings. The van der Waals surface area contributed by atoms with Gasteiger partial charge in [-0.15, -0.1) is 0 Å². The molecule has 1 amide bonds. The lowest BCUT2D eigenvalue weighted by Gasteiger charge is -2.29. The first-order valence-corrected chi connectivity index (χ1v) is 7.51. The van der Waals surface area contributed by atoms with Crippen molar-refractivity contribution in [1.29, 1.82) is 0 Å². The quantitative estimate of drug-likeness (QED) is 0.847. The van der Waals surface area contributed by atoms with Gasteiger partial charge in [0.25, 0.3) is 0 Å². The Bertz CT molecular complexity index is 635. The van der Waals surface area contributed by atoms with Gasteiger partial charge in [-0.05, 0) is 38.8 Å². The maximum absolute atomic E-state index is 14.1. The number of anilines is 1. The second-order valence-corrected chi connectivity index (χ2v) is 6.48. The van der Waals surface area contributed by atoms with Crippen molar-refractivity contribution < 1.29 is 18.7 Å². The summed E-state index contributed by atoms with van der Waals surface area (Å²) in [7, 11) is 1.49. The molecule has 0 aliphatic carbocycles. The molecule has 0 unspecified atom stereocenters. The van der Waals surface area contributed by atoms with E-state index >= 15 is 0 Å². The maximum Gasteiger partial charge on any atom is 0.410 e. The minimum absolute atomic E-state index is 0.264. The highest BCUT2D eigenvalue weighted by molar-refractivity contribution is 5.74. The van der Waals surface area contributed by atoms with E-state index in [0.29, 0.717) is 30.8 Å². The van der Waals surface area contributed by atoms with Gasteiger partial charge in [-0.2, -0.15) is 0 Å². The second-order valence-electron chi connectivity index (χ2n) is 6.48. The summed E-state index contributed by atoms with van der Waals surface area (Å²) in [5, 5.41) is 0. The van der Waals surface area contributed by atoms with E-state index in [-0.39, 0.29) is 17.6 Å². The topological polar surface area (TPSA) is 64.8 Å². The highest BCUT2D eigenvalue weighted by Gasteiger charge is 2.24. The van der Waals surface area contributed by atoms with Crippen molar-refractivity contribution in [3.8, 4) is 5.75 Å². The van der Waals surface area contributed by atoms with E-state index in [4.69, 9.17) is 15.2 Å². The zero-order valence-corrected chi connectivity index (χ0v) is 14.0. The maximum atomic E-state index is 14.1. The number of halogens is 1. The molecular weight excluding hydrogens is 299 g/mol. The van der Waals surface area contributed by atoms with Crippen molar-refractivity contribution in [3.63, 3.8) is 0 Å². The highest BCUT2D eigenvalue weighted by atomic mass is 19.1. The fourth-order valence-electron chi connectivity index (χ4n) is 2.40. The summed E-state index contributed by atoms with van der Waals surface area (Å²) in [6.07, 6.45) is 2.02. The van der Waals surface area contributed by atoms with E-state index < -0.39 is 5.60 Å². The van der Waals surface area contributed by atoms with E-state index in [1.54, 1.807) is 11.0 Å². The molecule has 0 radical (unpaired) electrons. The fourth-order valence-corrected chi connectivity index (χ4v) is 2.40. The van der Waals surface area contributed by atoms with Crippen LogP contribution in [0, 0.1) is 5.82 Å². The normalized spacial score (nSPS) is 15.2. The molecule has 0 fully saturated rings. The summed E-state index contributed by atoms with van der Waals surface area (Å²) < 4.78 is 24.6. The molecule has 126 valence electrons. The largest absolute Gasteiger partial charge is 0.495 e. The second kappa shape index (κ2) is 6.48. The summed E-state index contributed by atoms with van der Waals surface area (Å²) in [5.74, 6) is 0.0529. The van der Waals surface area contributed by atoms with Crippen LogP contribution in [-0.2, 0) is 4.74 Å². The Hall–Kier alpha value is -2.24. The van der Waals surface area contributed by atoms with Crippen LogP contribution in [0.2, 0.25) is 0 Å². The molecule has 2 N–H and O–H groups in total. The van der Waals surface area contributed by atoms with Crippen molar-refractivity contribution in [3.05, 3.63) is 29.6 Å². The fraction of sp³-hybridized carbons (Fsp3) is 0.471. The lowest BCUT2D eigenvalue weighted by Crippen LogP contribution is -2.39. The third-order valence-electron chi connectivity index (χ3n) is 3.53. The smallest absolute Gasteiger partial charge is 0.410 e. The molecule has 1 aliphatic heterocycles. The Kier molecular flexibility index (Phi) is 4.82. The van der Waals surface area contributed by atoms with Gasteiger partial charge in [-0.1, -0.05) is 6.08 Å². The van der Waals surface area contributed by atoms with Crippen molar-refractivity contribution in [2.24, 2.45) is 0 Å². The van der Waals surface area contributed by atoms with Crippen molar-refractivity contribution >= 4 is 17.4 Å². The summed E-state index contributed by atoms with van der Waals surface area (Å²) in [4.78, 5) is 13.6. The van der Waals surface area contributed by atoms with Gasteiger partial charge < -0.3 is 20.1 Å². The third-order valence-corrected chi connectivity index (χ3v) is 3.53. The van der Waals surface area contributed by atoms with Crippen LogP contribution in [0.3, 0.4) is 0 Å². The molecule has 6 heteroatoms. The molecule has 0 saturated heterocycles. The SMILES string of the molecule is COc1cc(C2=CCN(C(=O)OC(C)(C)C)CC2)c(F)cc1N. The van der Waals surface area contributed by atoms with Crippen LogP contribution >= 0.6 is 0 Å². The number of carbonyl (C=O) groups excluding carboxylic acids is 1. The lowest BCUT2D eigenvalue weighted by atomic mass is 9.98. The number of nitrogens with two attached hydrogens (primary N) is 1. The average molecular weight is 322 g/mol. The Morgan fingerprint density at radius 2 is 2.04 bits per heavy atom. The Balaban J connectivity index is 2.15. The predicted octanol–water partition coefficient (Wildman–Crippen LogP) is 3.44. The first-order valence-electron chi connectivity index (χ1n) is 7.51. The average Bonchev–Trinajstić information content (AvgIpc) is 2.46. The van der Waals surface area contributed by atoms with Crippen LogP contribution in [0.25, 0.3) is 5.57 Å². The van der Waals surface area contributed by atoms with Crippen molar-refractivity contribution in [2.75, 3.05) is 25.9 Å². The monoisotopic (exact) mass is 322 g/mol. The summed E-state index contributed by atoms with van der Waals surface area (Å²) in [6.45, 7) is 6.34. The number of amides is 1. The highest BCUT2D eigenvalue weighted by Crippen LogP contribution is 2.32. The molecule has 1 aromatic carbocycles. The van der Waals surface area contributed by atoms with E-state index in [0.717, 1.165) is 5.57 Å². The van der Waals surface area contributed by atoms with Gasteiger partial charge in [0.2, 0.25) is 0 Å². The number of hydrogen-bond acceptors (Lipinski definition) is 4. The number of hydrogen-bond donors (Lipinski definition) is 1. The first-order chi connectivity index (χ1) is 10.7. The number of methoxy groups -OCH3 is 1. The zero-order valence-electron chi connectivity index (χ0n) is 14.0. The number of nitrogens with zero attached hydrogens (tertiary/aromatic N) is 1. The van der Waals surface area contributed by atoms with E-state index in [2.05, 4.69) is 0 Å². The molecule has 1 aromatic rings. The number of ether oxygens (including phenoxy) is 2. The molecular formula is C17H23FN2O3. The van der Waals surface area contributed by atoms with Gasteiger partial charge in [-0.25, -0.2) is 9.18 Å². The Morgan fingerprint density at radius 1 is 1.35 bits per heavy atom. The van der Waals surface area contributed by atoms with Crippen LogP contribution in [0.5, 0.6) is 5.75 Å². The van der Waals surface area contributed by atoms with Gasteiger partial charge in [0.1, 0.15) is 17.2 Å². The van der Waals surface area contributed by atoms with E-state index in [1.165, 1.54) is 13.2 Å². The van der Waals surface area contributed by atoms with Crippen molar-refractivity contribution in [1.82, 2.24) is 4.90 Å². The van der Waals surface area contributed by atoms with Gasteiger partial charge in [0, 0.05) is 24.7 Å². The van der Waals surface area contributed by atoms with E-state index in [1.807, 2.05) is 26.8 Å². The Morgan fingerprint density at radius 3 is 2.57 bits per heavy atom. The molecule has 1 heterocycles. The Labute approximate surface area is 135 Å². The van der Waals surface area contributed by atoms with Crippen LogP contribution in [0.4, 0.5) is 14.9 Å². The number of carbonyl (C=O) groups is 1.